The summed E-state index contributed by atoms with van der Waals surface area (Å²) in [5, 5.41) is 14.2. The molecule has 0 radical (unpaired) electrons. The summed E-state index contributed by atoms with van der Waals surface area (Å²) in [4.78, 5) is 14.7. The van der Waals surface area contributed by atoms with E-state index >= 15 is 0 Å². The minimum atomic E-state index is -1.08. The number of aliphatic hydroxyl groups is 1. The molecule has 0 saturated carbocycles. The van der Waals surface area contributed by atoms with Crippen LogP contribution in [0.15, 0.2) is 60.7 Å². The van der Waals surface area contributed by atoms with Gasteiger partial charge >= 0.3 is 0 Å². The Morgan fingerprint density at radius 2 is 1.50 bits per heavy atom. The summed E-state index contributed by atoms with van der Waals surface area (Å²) >= 11 is 0. The molecule has 1 fully saturated rings. The Balaban J connectivity index is 1.88. The highest BCUT2D eigenvalue weighted by Gasteiger charge is 2.32. The third-order valence-corrected chi connectivity index (χ3v) is 4.54. The summed E-state index contributed by atoms with van der Waals surface area (Å²) in [5.41, 5.74) is 1.91. The van der Waals surface area contributed by atoms with Gasteiger partial charge in [-0.25, -0.2) is 0 Å². The Morgan fingerprint density at radius 3 is 2.08 bits per heavy atom. The molecule has 2 aromatic rings. The molecule has 4 nitrogen and oxygen atoms in total. The Bertz CT molecular complexity index is 598. The molecule has 126 valence electrons. The van der Waals surface area contributed by atoms with E-state index in [9.17, 15) is 9.90 Å². The number of nitrogens with one attached hydrogen (secondary N) is 1. The fourth-order valence-corrected chi connectivity index (χ4v) is 3.27. The van der Waals surface area contributed by atoms with Crippen molar-refractivity contribution in [2.24, 2.45) is 0 Å². The molecule has 0 bridgehead atoms. The summed E-state index contributed by atoms with van der Waals surface area (Å²) in [6, 6.07) is 19.5. The summed E-state index contributed by atoms with van der Waals surface area (Å²) in [6.07, 6.45) is -0.160. The van der Waals surface area contributed by atoms with Crippen LogP contribution in [-0.4, -0.2) is 48.2 Å². The van der Waals surface area contributed by atoms with Gasteiger partial charge in [-0.2, -0.15) is 0 Å². The highest BCUT2D eigenvalue weighted by atomic mass is 16.3. The number of carbonyl (C=O) groups excluding carboxylic acids is 1. The van der Waals surface area contributed by atoms with Crippen LogP contribution in [0.3, 0.4) is 0 Å². The Kier molecular flexibility index (Phi) is 5.62. The van der Waals surface area contributed by atoms with Crippen molar-refractivity contribution in [3.8, 4) is 0 Å². The lowest BCUT2D eigenvalue weighted by atomic mass is 9.86. The molecule has 2 N–H and O–H groups in total. The van der Waals surface area contributed by atoms with Crippen molar-refractivity contribution in [1.29, 1.82) is 0 Å². The second-order valence-electron chi connectivity index (χ2n) is 6.17. The van der Waals surface area contributed by atoms with Gasteiger partial charge in [0.2, 0.25) is 0 Å². The number of hydrogen-bond acceptors (Lipinski definition) is 3. The van der Waals surface area contributed by atoms with Gasteiger partial charge < -0.3 is 15.3 Å². The first kappa shape index (κ1) is 16.7. The van der Waals surface area contributed by atoms with Gasteiger partial charge in [0, 0.05) is 25.6 Å². The number of nitrogens with zero attached hydrogens (tertiary/aromatic N) is 1. The maximum absolute atomic E-state index is 12.9. The van der Waals surface area contributed by atoms with E-state index in [1.54, 1.807) is 4.90 Å². The number of carbonyl (C=O) groups is 1. The fraction of sp³-hybridized carbons (Fsp3) is 0.350. The van der Waals surface area contributed by atoms with Crippen LogP contribution in [0.2, 0.25) is 0 Å². The van der Waals surface area contributed by atoms with Gasteiger partial charge in [-0.05, 0) is 24.1 Å². The Morgan fingerprint density at radius 1 is 0.917 bits per heavy atom. The average Bonchev–Trinajstić information content (AvgIpc) is 2.92. The highest BCUT2D eigenvalue weighted by Crippen LogP contribution is 2.29. The topological polar surface area (TPSA) is 52.6 Å². The first-order valence-electron chi connectivity index (χ1n) is 8.55. The van der Waals surface area contributed by atoms with Gasteiger partial charge in [0.25, 0.3) is 5.91 Å². The number of amides is 1. The quantitative estimate of drug-likeness (QED) is 0.904. The van der Waals surface area contributed by atoms with Crippen LogP contribution in [0.4, 0.5) is 0 Å². The smallest absolute Gasteiger partial charge is 0.252 e. The lowest BCUT2D eigenvalue weighted by molar-refractivity contribution is -0.140. The Hall–Kier alpha value is -2.17. The van der Waals surface area contributed by atoms with Crippen molar-refractivity contribution < 1.29 is 9.90 Å². The van der Waals surface area contributed by atoms with Crippen LogP contribution in [0, 0.1) is 0 Å². The Labute approximate surface area is 143 Å². The van der Waals surface area contributed by atoms with E-state index in [4.69, 9.17) is 0 Å². The van der Waals surface area contributed by atoms with Crippen molar-refractivity contribution in [3.63, 3.8) is 0 Å². The van der Waals surface area contributed by atoms with Gasteiger partial charge in [-0.3, -0.25) is 4.79 Å². The lowest BCUT2D eigenvalue weighted by Gasteiger charge is -2.28. The molecule has 1 saturated heterocycles. The van der Waals surface area contributed by atoms with Gasteiger partial charge in [-0.1, -0.05) is 60.7 Å². The minimum absolute atomic E-state index is 0.184. The third kappa shape index (κ3) is 3.83. The normalized spacial score (nSPS) is 16.7. The lowest BCUT2D eigenvalue weighted by Crippen LogP contribution is -2.43. The van der Waals surface area contributed by atoms with E-state index in [2.05, 4.69) is 5.32 Å². The first-order valence-corrected chi connectivity index (χ1v) is 8.55. The number of benzene rings is 2. The van der Waals surface area contributed by atoms with Gasteiger partial charge in [-0.15, -0.1) is 0 Å². The molecule has 3 rings (SSSR count). The number of rotatable bonds is 4. The van der Waals surface area contributed by atoms with Gasteiger partial charge in [0.15, 0.2) is 0 Å². The molecule has 24 heavy (non-hydrogen) atoms. The van der Waals surface area contributed by atoms with Crippen LogP contribution in [0.5, 0.6) is 0 Å². The predicted molar refractivity (Wildman–Crippen MR) is 94.8 cm³/mol. The maximum Gasteiger partial charge on any atom is 0.252 e. The van der Waals surface area contributed by atoms with E-state index in [1.807, 2.05) is 60.7 Å². The standard InChI is InChI=1S/C20H24N2O2/c23-19(20(24)22-14-7-12-21-13-15-22)18(16-8-3-1-4-9-16)17-10-5-2-6-11-17/h1-6,8-11,18-19,21,23H,7,12-15H2. The van der Waals surface area contributed by atoms with E-state index < -0.39 is 6.10 Å². The monoisotopic (exact) mass is 324 g/mol. The zero-order valence-corrected chi connectivity index (χ0v) is 13.8. The molecule has 4 heteroatoms. The van der Waals surface area contributed by atoms with Crippen molar-refractivity contribution >= 4 is 5.91 Å². The van der Waals surface area contributed by atoms with Crippen molar-refractivity contribution in [2.75, 3.05) is 26.2 Å². The molecular weight excluding hydrogens is 300 g/mol. The van der Waals surface area contributed by atoms with E-state index in [-0.39, 0.29) is 11.8 Å². The second kappa shape index (κ2) is 8.08. The van der Waals surface area contributed by atoms with Crippen LogP contribution in [-0.2, 0) is 4.79 Å². The van der Waals surface area contributed by atoms with Gasteiger partial charge in [0.1, 0.15) is 6.10 Å². The molecule has 1 aliphatic heterocycles. The zero-order chi connectivity index (χ0) is 16.8. The molecule has 0 aliphatic carbocycles. The highest BCUT2D eigenvalue weighted by molar-refractivity contribution is 5.82. The van der Waals surface area contributed by atoms with E-state index in [0.29, 0.717) is 13.1 Å². The molecule has 0 spiro atoms. The van der Waals surface area contributed by atoms with Crippen LogP contribution < -0.4 is 5.32 Å². The van der Waals surface area contributed by atoms with Crippen molar-refractivity contribution in [1.82, 2.24) is 10.2 Å². The average molecular weight is 324 g/mol. The molecule has 1 aliphatic rings. The van der Waals surface area contributed by atoms with E-state index in [0.717, 1.165) is 30.6 Å². The first-order chi connectivity index (χ1) is 11.8. The van der Waals surface area contributed by atoms with Crippen LogP contribution in [0.1, 0.15) is 23.5 Å². The molecule has 0 aromatic heterocycles. The summed E-state index contributed by atoms with van der Waals surface area (Å²) < 4.78 is 0. The zero-order valence-electron chi connectivity index (χ0n) is 13.8. The molecule has 1 unspecified atom stereocenters. The molecule has 2 aromatic carbocycles. The van der Waals surface area contributed by atoms with Crippen LogP contribution in [0.25, 0.3) is 0 Å². The van der Waals surface area contributed by atoms with Crippen molar-refractivity contribution in [2.45, 2.75) is 18.4 Å². The molecule has 1 amide bonds. The SMILES string of the molecule is O=C(C(O)C(c1ccccc1)c1ccccc1)N1CCCNCC1. The number of aliphatic hydroxyl groups excluding tert-OH is 1. The minimum Gasteiger partial charge on any atom is -0.382 e. The van der Waals surface area contributed by atoms with Gasteiger partial charge in [0.05, 0.1) is 0 Å². The number of hydrogen-bond donors (Lipinski definition) is 2. The molecular formula is C20H24N2O2. The molecule has 1 atom stereocenters. The second-order valence-corrected chi connectivity index (χ2v) is 6.17. The van der Waals surface area contributed by atoms with Crippen LogP contribution >= 0.6 is 0 Å². The van der Waals surface area contributed by atoms with Crippen molar-refractivity contribution in [3.05, 3.63) is 71.8 Å². The summed E-state index contributed by atoms with van der Waals surface area (Å²) in [6.45, 7) is 3.03. The summed E-state index contributed by atoms with van der Waals surface area (Å²) in [7, 11) is 0. The molecule has 1 heterocycles. The van der Waals surface area contributed by atoms with E-state index in [1.165, 1.54) is 0 Å². The maximum atomic E-state index is 12.9. The third-order valence-electron chi connectivity index (χ3n) is 4.54. The summed E-state index contributed by atoms with van der Waals surface area (Å²) in [5.74, 6) is -0.535. The predicted octanol–water partition coefficient (Wildman–Crippen LogP) is 2.00. The fourth-order valence-electron chi connectivity index (χ4n) is 3.27. The largest absolute Gasteiger partial charge is 0.382 e.